The lowest BCUT2D eigenvalue weighted by atomic mass is 10.1. The molecule has 1 amide bonds. The number of amides is 1. The highest BCUT2D eigenvalue weighted by atomic mass is 32.2. The average Bonchev–Trinajstić information content (AvgIpc) is 2.73. The summed E-state index contributed by atoms with van der Waals surface area (Å²) >= 11 is 1.77. The molecule has 1 heterocycles. The summed E-state index contributed by atoms with van der Waals surface area (Å²) in [6.07, 6.45) is 0. The first kappa shape index (κ1) is 18.8. The van der Waals surface area contributed by atoms with E-state index in [-0.39, 0.29) is 12.5 Å². The fraction of sp³-hybridized carbons (Fsp3) is 0.261. The topological polar surface area (TPSA) is 32.8 Å². The molecule has 1 saturated heterocycles. The van der Waals surface area contributed by atoms with Crippen LogP contribution >= 0.6 is 11.9 Å². The van der Waals surface area contributed by atoms with Crippen LogP contribution in [0.4, 0.5) is 0 Å². The van der Waals surface area contributed by atoms with Crippen LogP contribution in [0.1, 0.15) is 5.56 Å². The van der Waals surface area contributed by atoms with E-state index in [0.717, 1.165) is 31.9 Å². The van der Waals surface area contributed by atoms with Gasteiger partial charge in [-0.25, -0.2) is 4.31 Å². The number of piperazine rings is 1. The normalized spacial score (nSPS) is 15.0. The molecule has 0 saturated carbocycles. The van der Waals surface area contributed by atoms with Crippen molar-refractivity contribution in [1.82, 2.24) is 9.21 Å². The molecule has 0 N–H and O–H groups in total. The zero-order chi connectivity index (χ0) is 19.3. The van der Waals surface area contributed by atoms with Crippen molar-refractivity contribution in [3.8, 4) is 5.75 Å². The smallest absolute Gasteiger partial charge is 0.260 e. The number of hydrogen-bond acceptors (Lipinski definition) is 4. The molecule has 0 bridgehead atoms. The number of carbonyl (C=O) groups excluding carboxylic acids is 1. The van der Waals surface area contributed by atoms with Crippen molar-refractivity contribution in [1.29, 1.82) is 0 Å². The Bertz CT molecular complexity index is 950. The van der Waals surface area contributed by atoms with Crippen LogP contribution in [0.15, 0.2) is 71.6 Å². The number of hydrogen-bond donors (Lipinski definition) is 0. The Morgan fingerprint density at radius 2 is 1.64 bits per heavy atom. The average molecular weight is 393 g/mol. The number of carbonyl (C=O) groups is 1. The molecule has 0 unspecified atom stereocenters. The molecular formula is C23H24N2O2S. The van der Waals surface area contributed by atoms with Crippen LogP contribution in [-0.4, -0.2) is 47.9 Å². The number of rotatable bonds is 5. The SMILES string of the molecule is Cc1ccc(OCC(=O)N2CCN(Sc3ccc4ccccc4c3)CC2)cc1. The van der Waals surface area contributed by atoms with Crippen LogP contribution in [-0.2, 0) is 4.79 Å². The second kappa shape index (κ2) is 8.67. The van der Waals surface area contributed by atoms with Crippen molar-refractivity contribution in [2.45, 2.75) is 11.8 Å². The lowest BCUT2D eigenvalue weighted by Crippen LogP contribution is -2.47. The van der Waals surface area contributed by atoms with E-state index in [1.165, 1.54) is 21.2 Å². The molecule has 3 aromatic carbocycles. The van der Waals surface area contributed by atoms with Gasteiger partial charge in [-0.2, -0.15) is 0 Å². The van der Waals surface area contributed by atoms with Gasteiger partial charge in [-0.15, -0.1) is 0 Å². The third-order valence-electron chi connectivity index (χ3n) is 4.93. The van der Waals surface area contributed by atoms with Crippen molar-refractivity contribution in [3.63, 3.8) is 0 Å². The van der Waals surface area contributed by atoms with Crippen molar-refractivity contribution >= 4 is 28.6 Å². The van der Waals surface area contributed by atoms with Crippen LogP contribution in [0.25, 0.3) is 10.8 Å². The summed E-state index contributed by atoms with van der Waals surface area (Å²) < 4.78 is 7.96. The Morgan fingerprint density at radius 3 is 2.39 bits per heavy atom. The predicted molar refractivity (Wildman–Crippen MR) is 115 cm³/mol. The van der Waals surface area contributed by atoms with Gasteiger partial charge in [0.1, 0.15) is 5.75 Å². The van der Waals surface area contributed by atoms with Gasteiger partial charge in [-0.3, -0.25) is 4.79 Å². The fourth-order valence-electron chi connectivity index (χ4n) is 3.27. The molecule has 0 radical (unpaired) electrons. The number of aryl methyl sites for hydroxylation is 1. The first-order valence-electron chi connectivity index (χ1n) is 9.56. The van der Waals surface area contributed by atoms with Gasteiger partial charge in [-0.05, 0) is 53.9 Å². The van der Waals surface area contributed by atoms with E-state index in [9.17, 15) is 4.79 Å². The van der Waals surface area contributed by atoms with Gasteiger partial charge in [-0.1, -0.05) is 48.0 Å². The van der Waals surface area contributed by atoms with E-state index in [2.05, 4.69) is 46.8 Å². The van der Waals surface area contributed by atoms with E-state index in [1.54, 1.807) is 11.9 Å². The minimum absolute atomic E-state index is 0.0518. The minimum Gasteiger partial charge on any atom is -0.484 e. The standard InChI is InChI=1S/C23H24N2O2S/c1-18-6-9-21(10-7-18)27-17-23(26)24-12-14-25(15-13-24)28-22-11-8-19-4-2-3-5-20(19)16-22/h2-11,16H,12-15,17H2,1H3. The van der Waals surface area contributed by atoms with Gasteiger partial charge in [0.25, 0.3) is 5.91 Å². The summed E-state index contributed by atoms with van der Waals surface area (Å²) in [5, 5.41) is 2.52. The molecule has 144 valence electrons. The van der Waals surface area contributed by atoms with Gasteiger partial charge >= 0.3 is 0 Å². The highest BCUT2D eigenvalue weighted by Gasteiger charge is 2.22. The highest BCUT2D eigenvalue weighted by Crippen LogP contribution is 2.27. The number of nitrogens with zero attached hydrogens (tertiary/aromatic N) is 2. The number of fused-ring (bicyclic) bond motifs is 1. The van der Waals surface area contributed by atoms with Gasteiger partial charge in [0, 0.05) is 31.1 Å². The molecular weight excluding hydrogens is 368 g/mol. The molecule has 0 spiro atoms. The van der Waals surface area contributed by atoms with Gasteiger partial charge < -0.3 is 9.64 Å². The van der Waals surface area contributed by atoms with Gasteiger partial charge in [0.2, 0.25) is 0 Å². The monoisotopic (exact) mass is 392 g/mol. The Morgan fingerprint density at radius 1 is 0.929 bits per heavy atom. The van der Waals surface area contributed by atoms with E-state index >= 15 is 0 Å². The third-order valence-corrected chi connectivity index (χ3v) is 6.02. The fourth-order valence-corrected chi connectivity index (χ4v) is 4.23. The number of benzene rings is 3. The Hall–Kier alpha value is -2.50. The maximum absolute atomic E-state index is 12.4. The molecule has 1 aliphatic rings. The van der Waals surface area contributed by atoms with E-state index in [0.29, 0.717) is 0 Å². The molecule has 1 fully saturated rings. The van der Waals surface area contributed by atoms with Gasteiger partial charge in [0.05, 0.1) is 0 Å². The van der Waals surface area contributed by atoms with E-state index < -0.39 is 0 Å². The maximum atomic E-state index is 12.4. The summed E-state index contributed by atoms with van der Waals surface area (Å²) in [6, 6.07) is 22.8. The van der Waals surface area contributed by atoms with Crippen molar-refractivity contribution in [3.05, 3.63) is 72.3 Å². The molecule has 3 aromatic rings. The van der Waals surface area contributed by atoms with E-state index in [4.69, 9.17) is 4.74 Å². The molecule has 0 atom stereocenters. The minimum atomic E-state index is 0.0518. The quantitative estimate of drug-likeness (QED) is 0.604. The molecule has 28 heavy (non-hydrogen) atoms. The first-order valence-corrected chi connectivity index (χ1v) is 10.3. The second-order valence-electron chi connectivity index (χ2n) is 7.01. The Labute approximate surface area is 170 Å². The third kappa shape index (κ3) is 4.66. The molecule has 5 heteroatoms. The predicted octanol–water partition coefficient (Wildman–Crippen LogP) is 4.38. The Balaban J connectivity index is 1.26. The highest BCUT2D eigenvalue weighted by molar-refractivity contribution is 7.97. The van der Waals surface area contributed by atoms with Crippen LogP contribution in [0.3, 0.4) is 0 Å². The molecule has 4 nitrogen and oxygen atoms in total. The Kier molecular flexibility index (Phi) is 5.84. The van der Waals surface area contributed by atoms with Crippen molar-refractivity contribution < 1.29 is 9.53 Å². The van der Waals surface area contributed by atoms with Crippen LogP contribution in [0, 0.1) is 6.92 Å². The van der Waals surface area contributed by atoms with Crippen molar-refractivity contribution in [2.24, 2.45) is 0 Å². The molecule has 1 aliphatic heterocycles. The molecule has 0 aromatic heterocycles. The first-order chi connectivity index (χ1) is 13.7. The summed E-state index contributed by atoms with van der Waals surface area (Å²) in [5.41, 5.74) is 1.18. The summed E-state index contributed by atoms with van der Waals surface area (Å²) in [6.45, 7) is 5.31. The summed E-state index contributed by atoms with van der Waals surface area (Å²) in [7, 11) is 0. The number of ether oxygens (including phenoxy) is 1. The zero-order valence-electron chi connectivity index (χ0n) is 16.0. The van der Waals surface area contributed by atoms with Gasteiger partial charge in [0.15, 0.2) is 6.61 Å². The lowest BCUT2D eigenvalue weighted by Gasteiger charge is -2.33. The van der Waals surface area contributed by atoms with Crippen LogP contribution in [0.2, 0.25) is 0 Å². The van der Waals surface area contributed by atoms with Crippen LogP contribution < -0.4 is 4.74 Å². The summed E-state index contributed by atoms with van der Waals surface area (Å²) in [5.74, 6) is 0.792. The second-order valence-corrected chi connectivity index (χ2v) is 8.18. The zero-order valence-corrected chi connectivity index (χ0v) is 16.8. The lowest BCUT2D eigenvalue weighted by molar-refractivity contribution is -0.134. The molecule has 4 rings (SSSR count). The summed E-state index contributed by atoms with van der Waals surface area (Å²) in [4.78, 5) is 15.6. The van der Waals surface area contributed by atoms with Crippen LogP contribution in [0.5, 0.6) is 5.75 Å². The van der Waals surface area contributed by atoms with Crippen molar-refractivity contribution in [2.75, 3.05) is 32.8 Å². The largest absolute Gasteiger partial charge is 0.484 e. The maximum Gasteiger partial charge on any atom is 0.260 e. The van der Waals surface area contributed by atoms with E-state index in [1.807, 2.05) is 36.1 Å². The molecule has 0 aliphatic carbocycles.